The molecule has 0 radical (unpaired) electrons. The van der Waals surface area contributed by atoms with E-state index in [1.807, 2.05) is 0 Å². The predicted molar refractivity (Wildman–Crippen MR) is 66.1 cm³/mol. The Labute approximate surface area is 107 Å². The number of aliphatic hydroxyl groups excluding tert-OH is 1. The molecule has 0 aliphatic rings. The Morgan fingerprint density at radius 2 is 2.06 bits per heavy atom. The van der Waals surface area contributed by atoms with E-state index in [-0.39, 0.29) is 0 Å². The van der Waals surface area contributed by atoms with Crippen LogP contribution >= 0.6 is 15.9 Å². The molecule has 1 aromatic rings. The van der Waals surface area contributed by atoms with Gasteiger partial charge < -0.3 is 15.0 Å². The number of carbonyl (C=O) groups excluding carboxylic acids is 1. The number of aryl methyl sites for hydroxylation is 1. The van der Waals surface area contributed by atoms with Crippen LogP contribution < -0.4 is 0 Å². The van der Waals surface area contributed by atoms with Crippen molar-refractivity contribution in [1.82, 2.24) is 0 Å². The van der Waals surface area contributed by atoms with Gasteiger partial charge in [-0.2, -0.15) is 0 Å². The summed E-state index contributed by atoms with van der Waals surface area (Å²) in [6, 6.07) is 5.27. The summed E-state index contributed by atoms with van der Waals surface area (Å²) in [5.41, 5.74) is 1.81. The molecule has 17 heavy (non-hydrogen) atoms. The van der Waals surface area contributed by atoms with E-state index in [4.69, 9.17) is 5.11 Å². The maximum atomic E-state index is 10.9. The molecule has 0 heterocycles. The molecule has 0 aromatic heterocycles. The van der Waals surface area contributed by atoms with E-state index in [0.717, 1.165) is 11.8 Å². The van der Waals surface area contributed by atoms with Crippen molar-refractivity contribution in [1.29, 1.82) is 0 Å². The Balaban J connectivity index is 3.19. The standard InChI is InChI=1S/C12H13BrO4/c13-7-9-4-1-3-8(5-2-6-14)10(9)11(15)12(16)17/h1,3-4,6,11,15H,2,5,7H2,(H,16,17). The molecular formula is C12H13BrO4. The molecule has 0 bridgehead atoms. The lowest BCUT2D eigenvalue weighted by atomic mass is 9.94. The smallest absolute Gasteiger partial charge is 0.337 e. The van der Waals surface area contributed by atoms with E-state index in [2.05, 4.69) is 15.9 Å². The van der Waals surface area contributed by atoms with Gasteiger partial charge in [-0.25, -0.2) is 4.79 Å². The summed E-state index contributed by atoms with van der Waals surface area (Å²) >= 11 is 3.25. The van der Waals surface area contributed by atoms with Gasteiger partial charge in [0.25, 0.3) is 0 Å². The SMILES string of the molecule is O=CCCc1cccc(CBr)c1C(O)C(=O)O. The van der Waals surface area contributed by atoms with Crippen molar-refractivity contribution in [2.24, 2.45) is 0 Å². The Morgan fingerprint density at radius 3 is 2.59 bits per heavy atom. The summed E-state index contributed by atoms with van der Waals surface area (Å²) in [5, 5.41) is 19.0. The Morgan fingerprint density at radius 1 is 1.41 bits per heavy atom. The zero-order chi connectivity index (χ0) is 12.8. The van der Waals surface area contributed by atoms with Crippen LogP contribution in [0, 0.1) is 0 Å². The van der Waals surface area contributed by atoms with Crippen LogP contribution in [-0.4, -0.2) is 22.5 Å². The molecule has 1 atom stereocenters. The highest BCUT2D eigenvalue weighted by molar-refractivity contribution is 9.08. The molecule has 1 unspecified atom stereocenters. The first-order chi connectivity index (χ1) is 8.11. The monoisotopic (exact) mass is 300 g/mol. The Hall–Kier alpha value is -1.20. The molecule has 4 nitrogen and oxygen atoms in total. The van der Waals surface area contributed by atoms with Crippen molar-refractivity contribution in [3.8, 4) is 0 Å². The minimum absolute atomic E-state index is 0.311. The fourth-order valence-electron chi connectivity index (χ4n) is 1.69. The van der Waals surface area contributed by atoms with Crippen molar-refractivity contribution in [3.05, 3.63) is 34.9 Å². The molecule has 5 heteroatoms. The Bertz CT molecular complexity index is 417. The van der Waals surface area contributed by atoms with Gasteiger partial charge in [-0.05, 0) is 23.1 Å². The van der Waals surface area contributed by atoms with E-state index >= 15 is 0 Å². The fourth-order valence-corrected chi connectivity index (χ4v) is 2.18. The number of rotatable bonds is 6. The van der Waals surface area contributed by atoms with Crippen molar-refractivity contribution >= 4 is 28.2 Å². The number of aliphatic hydroxyl groups is 1. The fraction of sp³-hybridized carbons (Fsp3) is 0.333. The number of alkyl halides is 1. The van der Waals surface area contributed by atoms with Crippen molar-refractivity contribution < 1.29 is 19.8 Å². The molecule has 0 saturated heterocycles. The number of aliphatic carboxylic acids is 1. The number of carboxylic acid groups (broad SMARTS) is 1. The number of carboxylic acids is 1. The van der Waals surface area contributed by atoms with Gasteiger partial charge >= 0.3 is 5.97 Å². The summed E-state index contributed by atoms with van der Waals surface area (Å²) < 4.78 is 0. The zero-order valence-electron chi connectivity index (χ0n) is 9.10. The first-order valence-electron chi connectivity index (χ1n) is 5.13. The average molecular weight is 301 g/mol. The maximum Gasteiger partial charge on any atom is 0.337 e. The summed E-state index contributed by atoms with van der Waals surface area (Å²) in [6.45, 7) is 0. The van der Waals surface area contributed by atoms with Crippen LogP contribution in [0.3, 0.4) is 0 Å². The summed E-state index contributed by atoms with van der Waals surface area (Å²) in [7, 11) is 0. The van der Waals surface area contributed by atoms with Crippen LogP contribution in [0.15, 0.2) is 18.2 Å². The van der Waals surface area contributed by atoms with Crippen LogP contribution in [0.4, 0.5) is 0 Å². The van der Waals surface area contributed by atoms with E-state index in [1.165, 1.54) is 0 Å². The topological polar surface area (TPSA) is 74.6 Å². The van der Waals surface area contributed by atoms with Gasteiger partial charge in [0.1, 0.15) is 6.29 Å². The lowest BCUT2D eigenvalue weighted by Crippen LogP contribution is -2.15. The molecule has 1 aromatic carbocycles. The molecule has 0 amide bonds. The first-order valence-corrected chi connectivity index (χ1v) is 6.25. The molecule has 0 spiro atoms. The third kappa shape index (κ3) is 3.38. The van der Waals surface area contributed by atoms with Gasteiger partial charge in [-0.3, -0.25) is 0 Å². The number of hydrogen-bond donors (Lipinski definition) is 2. The van der Waals surface area contributed by atoms with Crippen LogP contribution in [0.2, 0.25) is 0 Å². The molecule has 2 N–H and O–H groups in total. The van der Waals surface area contributed by atoms with Gasteiger partial charge in [0.05, 0.1) is 0 Å². The summed E-state index contributed by atoms with van der Waals surface area (Å²) in [6.07, 6.45) is -0.0299. The third-order valence-corrected chi connectivity index (χ3v) is 3.07. The lowest BCUT2D eigenvalue weighted by molar-refractivity contribution is -0.147. The van der Waals surface area contributed by atoms with Gasteiger partial charge in [0.15, 0.2) is 6.10 Å². The van der Waals surface area contributed by atoms with E-state index in [9.17, 15) is 14.7 Å². The lowest BCUT2D eigenvalue weighted by Gasteiger charge is -2.15. The highest BCUT2D eigenvalue weighted by atomic mass is 79.9. The normalized spacial score (nSPS) is 12.1. The van der Waals surface area contributed by atoms with Crippen molar-refractivity contribution in [2.45, 2.75) is 24.3 Å². The zero-order valence-corrected chi connectivity index (χ0v) is 10.7. The van der Waals surface area contributed by atoms with Crippen molar-refractivity contribution in [3.63, 3.8) is 0 Å². The largest absolute Gasteiger partial charge is 0.479 e. The third-order valence-electron chi connectivity index (χ3n) is 2.47. The minimum atomic E-state index is -1.55. The highest BCUT2D eigenvalue weighted by Gasteiger charge is 2.22. The van der Waals surface area contributed by atoms with E-state index < -0.39 is 12.1 Å². The predicted octanol–water partition coefficient (Wildman–Crippen LogP) is 1.83. The van der Waals surface area contributed by atoms with Crippen molar-refractivity contribution in [2.75, 3.05) is 0 Å². The number of halogens is 1. The van der Waals surface area contributed by atoms with Crippen LogP contribution in [0.25, 0.3) is 0 Å². The quantitative estimate of drug-likeness (QED) is 0.621. The maximum absolute atomic E-state index is 10.9. The second-order valence-electron chi connectivity index (χ2n) is 3.57. The summed E-state index contributed by atoms with van der Waals surface area (Å²) in [4.78, 5) is 21.2. The van der Waals surface area contributed by atoms with Crippen LogP contribution in [0.5, 0.6) is 0 Å². The number of carbonyl (C=O) groups is 2. The van der Waals surface area contributed by atoms with E-state index in [1.54, 1.807) is 18.2 Å². The van der Waals surface area contributed by atoms with E-state index in [0.29, 0.717) is 29.3 Å². The average Bonchev–Trinajstić information content (AvgIpc) is 2.34. The van der Waals surface area contributed by atoms with Gasteiger partial charge in [0.2, 0.25) is 0 Å². The second kappa shape index (κ2) is 6.51. The minimum Gasteiger partial charge on any atom is -0.479 e. The molecule has 0 fully saturated rings. The molecule has 0 saturated carbocycles. The molecule has 0 aliphatic heterocycles. The Kier molecular flexibility index (Phi) is 5.31. The number of benzene rings is 1. The van der Waals surface area contributed by atoms with Gasteiger partial charge in [0, 0.05) is 11.8 Å². The molecular weight excluding hydrogens is 288 g/mol. The number of hydrogen-bond acceptors (Lipinski definition) is 3. The molecule has 0 aliphatic carbocycles. The molecule has 92 valence electrons. The van der Waals surface area contributed by atoms with Gasteiger partial charge in [-0.15, -0.1) is 0 Å². The highest BCUT2D eigenvalue weighted by Crippen LogP contribution is 2.25. The molecule has 1 rings (SSSR count). The number of aldehydes is 1. The van der Waals surface area contributed by atoms with Gasteiger partial charge in [-0.1, -0.05) is 34.1 Å². The first kappa shape index (κ1) is 13.9. The van der Waals surface area contributed by atoms with Crippen LogP contribution in [0.1, 0.15) is 29.2 Å². The van der Waals surface area contributed by atoms with Crippen LogP contribution in [-0.2, 0) is 21.3 Å². The second-order valence-corrected chi connectivity index (χ2v) is 4.13. The summed E-state index contributed by atoms with van der Waals surface area (Å²) in [5.74, 6) is -1.29.